The van der Waals surface area contributed by atoms with Crippen LogP contribution in [-0.4, -0.2) is 60.4 Å². The highest BCUT2D eigenvalue weighted by Crippen LogP contribution is 2.32. The second kappa shape index (κ2) is 8.38. The summed E-state index contributed by atoms with van der Waals surface area (Å²) in [5.74, 6) is 1.51. The second-order valence-electron chi connectivity index (χ2n) is 8.16. The molecule has 2 aliphatic heterocycles. The fourth-order valence-corrected chi connectivity index (χ4v) is 3.50. The van der Waals surface area contributed by atoms with Gasteiger partial charge in [0.1, 0.15) is 18.8 Å². The summed E-state index contributed by atoms with van der Waals surface area (Å²) in [7, 11) is 0. The number of nitrogens with zero attached hydrogens (tertiary/aromatic N) is 2. The lowest BCUT2D eigenvalue weighted by Gasteiger charge is -2.39. The van der Waals surface area contributed by atoms with Crippen LogP contribution in [0.15, 0.2) is 18.2 Å². The Morgan fingerprint density at radius 2 is 1.89 bits per heavy atom. The quantitative estimate of drug-likeness (QED) is 0.806. The van der Waals surface area contributed by atoms with Gasteiger partial charge in [0, 0.05) is 25.7 Å². The van der Waals surface area contributed by atoms with Gasteiger partial charge < -0.3 is 24.0 Å². The molecule has 0 aromatic heterocycles. The van der Waals surface area contributed by atoms with Gasteiger partial charge in [-0.3, -0.25) is 0 Å². The summed E-state index contributed by atoms with van der Waals surface area (Å²) >= 11 is 0. The summed E-state index contributed by atoms with van der Waals surface area (Å²) in [5, 5.41) is 0. The summed E-state index contributed by atoms with van der Waals surface area (Å²) in [5.41, 5.74) is 0.501. The molecule has 1 radical (unpaired) electrons. The van der Waals surface area contributed by atoms with E-state index in [1.807, 2.05) is 43.9 Å². The first-order valence-corrected chi connectivity index (χ1v) is 9.75. The van der Waals surface area contributed by atoms with Crippen molar-refractivity contribution in [2.75, 3.05) is 32.8 Å². The van der Waals surface area contributed by atoms with Crippen molar-refractivity contribution in [3.8, 4) is 11.5 Å². The molecule has 0 bridgehead atoms. The number of likely N-dealkylation sites (tertiary alicyclic amines) is 1. The lowest BCUT2D eigenvalue weighted by molar-refractivity contribution is 0.00625. The third-order valence-electron chi connectivity index (χ3n) is 4.90. The topological polar surface area (TPSA) is 51.2 Å². The summed E-state index contributed by atoms with van der Waals surface area (Å²) in [4.78, 5) is 17.1. The maximum Gasteiger partial charge on any atom is 0.410 e. The van der Waals surface area contributed by atoms with E-state index in [9.17, 15) is 4.79 Å². The summed E-state index contributed by atoms with van der Waals surface area (Å²) < 4.78 is 17.0. The number of amides is 1. The average Bonchev–Trinajstić information content (AvgIpc) is 2.64. The third-order valence-corrected chi connectivity index (χ3v) is 4.90. The molecule has 1 amide bonds. The molecule has 0 atom stereocenters. The molecule has 3 rings (SSSR count). The zero-order chi connectivity index (χ0) is 19.4. The maximum absolute atomic E-state index is 12.9. The number of hydrogen-bond acceptors (Lipinski definition) is 5. The van der Waals surface area contributed by atoms with Gasteiger partial charge >= 0.3 is 6.09 Å². The summed E-state index contributed by atoms with van der Waals surface area (Å²) in [6.07, 6.45) is 1.60. The van der Waals surface area contributed by atoms with Gasteiger partial charge in [0.15, 0.2) is 11.5 Å². The van der Waals surface area contributed by atoms with Gasteiger partial charge in [-0.15, -0.1) is 0 Å². The van der Waals surface area contributed by atoms with Crippen LogP contribution in [0.3, 0.4) is 0 Å². The lowest BCUT2D eigenvalue weighted by atomic mass is 10.0. The van der Waals surface area contributed by atoms with Gasteiger partial charge in [-0.2, -0.15) is 0 Å². The maximum atomic E-state index is 12.9. The number of piperidine rings is 1. The zero-order valence-corrected chi connectivity index (χ0v) is 16.7. The van der Waals surface area contributed by atoms with E-state index in [-0.39, 0.29) is 12.1 Å². The van der Waals surface area contributed by atoms with Crippen LogP contribution in [-0.2, 0) is 11.3 Å². The van der Waals surface area contributed by atoms with Gasteiger partial charge in [-0.1, -0.05) is 6.07 Å². The lowest BCUT2D eigenvalue weighted by Crippen LogP contribution is -2.48. The smallest absolute Gasteiger partial charge is 0.410 e. The molecule has 27 heavy (non-hydrogen) atoms. The largest absolute Gasteiger partial charge is 0.486 e. The fraction of sp³-hybridized carbons (Fsp3) is 0.619. The van der Waals surface area contributed by atoms with E-state index in [4.69, 9.17) is 14.2 Å². The first-order chi connectivity index (χ1) is 12.9. The summed E-state index contributed by atoms with van der Waals surface area (Å²) in [6.45, 7) is 14.0. The van der Waals surface area contributed by atoms with E-state index >= 15 is 0 Å². The van der Waals surface area contributed by atoms with Crippen LogP contribution in [0.1, 0.15) is 39.2 Å². The number of carbonyl (C=O) groups is 1. The molecule has 2 heterocycles. The van der Waals surface area contributed by atoms with Crippen molar-refractivity contribution in [2.24, 2.45) is 0 Å². The Hall–Kier alpha value is -1.95. The van der Waals surface area contributed by atoms with E-state index in [1.165, 1.54) is 0 Å². The second-order valence-corrected chi connectivity index (χ2v) is 8.16. The standard InChI is InChI=1S/C21H31N2O4/c1-5-22-10-8-17(9-11-22)23(20(24)27-21(2,3)4)15-16-6-7-18-19(14-16)26-13-12-25-18/h6-7,14,17H,1,5,8-13,15H2,2-4H3. The van der Waals surface area contributed by atoms with Crippen LogP contribution in [0.25, 0.3) is 0 Å². The third kappa shape index (κ3) is 5.28. The molecule has 6 nitrogen and oxygen atoms in total. The molecule has 1 saturated heterocycles. The Morgan fingerprint density at radius 1 is 1.22 bits per heavy atom. The molecule has 0 aliphatic carbocycles. The van der Waals surface area contributed by atoms with E-state index < -0.39 is 5.60 Å². The Labute approximate surface area is 162 Å². The molecular weight excluding hydrogens is 344 g/mol. The van der Waals surface area contributed by atoms with Crippen LogP contribution in [0, 0.1) is 6.92 Å². The Balaban J connectivity index is 1.76. The first-order valence-electron chi connectivity index (χ1n) is 9.75. The SMILES string of the molecule is [CH2]CN1CCC(N(Cc2ccc3c(c2)OCCO3)C(=O)OC(C)(C)C)CC1. The number of rotatable bonds is 4. The molecule has 6 heteroatoms. The minimum atomic E-state index is -0.518. The number of benzene rings is 1. The summed E-state index contributed by atoms with van der Waals surface area (Å²) in [6, 6.07) is 6.05. The van der Waals surface area contributed by atoms with Crippen molar-refractivity contribution in [3.05, 3.63) is 30.7 Å². The minimum Gasteiger partial charge on any atom is -0.486 e. The normalized spacial score (nSPS) is 18.2. The van der Waals surface area contributed by atoms with Crippen molar-refractivity contribution >= 4 is 6.09 Å². The number of hydrogen-bond donors (Lipinski definition) is 0. The molecule has 2 aliphatic rings. The van der Waals surface area contributed by atoms with Crippen molar-refractivity contribution < 1.29 is 19.0 Å². The van der Waals surface area contributed by atoms with E-state index in [0.29, 0.717) is 19.8 Å². The van der Waals surface area contributed by atoms with E-state index in [2.05, 4.69) is 11.8 Å². The van der Waals surface area contributed by atoms with Crippen molar-refractivity contribution in [2.45, 2.75) is 51.8 Å². The van der Waals surface area contributed by atoms with Crippen molar-refractivity contribution in [1.29, 1.82) is 0 Å². The average molecular weight is 375 g/mol. The first kappa shape index (κ1) is 19.8. The predicted molar refractivity (Wildman–Crippen MR) is 104 cm³/mol. The number of carbonyl (C=O) groups excluding carboxylic acids is 1. The fourth-order valence-electron chi connectivity index (χ4n) is 3.50. The van der Waals surface area contributed by atoms with Crippen LogP contribution < -0.4 is 9.47 Å². The Bertz CT molecular complexity index is 648. The minimum absolute atomic E-state index is 0.163. The van der Waals surface area contributed by atoms with Gasteiger partial charge in [0.2, 0.25) is 0 Å². The Kier molecular flexibility index (Phi) is 6.15. The number of ether oxygens (including phenoxy) is 3. The molecule has 0 unspecified atom stereocenters. The van der Waals surface area contributed by atoms with E-state index in [1.54, 1.807) is 0 Å². The predicted octanol–water partition coefficient (Wildman–Crippen LogP) is 3.49. The zero-order valence-electron chi connectivity index (χ0n) is 16.7. The van der Waals surface area contributed by atoms with Crippen molar-refractivity contribution in [1.82, 2.24) is 9.80 Å². The van der Waals surface area contributed by atoms with Crippen LogP contribution in [0.5, 0.6) is 11.5 Å². The van der Waals surface area contributed by atoms with Gasteiger partial charge in [-0.05, 0) is 64.8 Å². The molecule has 0 saturated carbocycles. The van der Waals surface area contributed by atoms with Crippen LogP contribution in [0.4, 0.5) is 4.79 Å². The molecule has 0 N–H and O–H groups in total. The van der Waals surface area contributed by atoms with Crippen LogP contribution in [0.2, 0.25) is 0 Å². The highest BCUT2D eigenvalue weighted by Gasteiger charge is 2.31. The van der Waals surface area contributed by atoms with Crippen LogP contribution >= 0.6 is 0 Å². The number of fused-ring (bicyclic) bond motifs is 1. The highest BCUT2D eigenvalue weighted by atomic mass is 16.6. The molecule has 0 spiro atoms. The molecule has 1 fully saturated rings. The van der Waals surface area contributed by atoms with Crippen molar-refractivity contribution in [3.63, 3.8) is 0 Å². The van der Waals surface area contributed by atoms with Gasteiger partial charge in [-0.25, -0.2) is 4.79 Å². The molecule has 1 aromatic rings. The molecule has 1 aromatic carbocycles. The monoisotopic (exact) mass is 375 g/mol. The van der Waals surface area contributed by atoms with Gasteiger partial charge in [0.05, 0.1) is 0 Å². The highest BCUT2D eigenvalue weighted by molar-refractivity contribution is 5.68. The molecular formula is C21H31N2O4. The van der Waals surface area contributed by atoms with Gasteiger partial charge in [0.25, 0.3) is 0 Å². The molecule has 149 valence electrons. The Morgan fingerprint density at radius 3 is 2.52 bits per heavy atom. The van der Waals surface area contributed by atoms with E-state index in [0.717, 1.165) is 49.5 Å².